The maximum absolute atomic E-state index is 12.9. The van der Waals surface area contributed by atoms with Gasteiger partial charge in [0, 0.05) is 31.9 Å². The number of hydrogen-bond acceptors (Lipinski definition) is 7. The number of hydrogen-bond donors (Lipinski definition) is 2. The van der Waals surface area contributed by atoms with Crippen molar-refractivity contribution < 1.29 is 27.6 Å². The number of carbonyl (C=O) groups excluding carboxylic acids is 4. The fourth-order valence-electron chi connectivity index (χ4n) is 4.02. The Morgan fingerprint density at radius 3 is 2.64 bits per heavy atom. The van der Waals surface area contributed by atoms with Crippen LogP contribution >= 0.6 is 0 Å². The van der Waals surface area contributed by atoms with E-state index in [0.717, 1.165) is 10.5 Å². The quantitative estimate of drug-likeness (QED) is 0.411. The second-order valence-electron chi connectivity index (χ2n) is 7.82. The zero-order chi connectivity index (χ0) is 23.8. The fourth-order valence-corrected chi connectivity index (χ4v) is 5.26. The number of benzene rings is 1. The van der Waals surface area contributed by atoms with Gasteiger partial charge in [-0.25, -0.2) is 18.1 Å². The fraction of sp³-hybridized carbons (Fsp3) is 0.381. The molecule has 0 spiro atoms. The number of rotatable bonds is 8. The van der Waals surface area contributed by atoms with Crippen molar-refractivity contribution in [1.82, 2.24) is 24.5 Å². The van der Waals surface area contributed by atoms with E-state index in [1.807, 2.05) is 6.92 Å². The third-order valence-corrected chi connectivity index (χ3v) is 7.10. The molecule has 2 aromatic rings. The molecule has 0 saturated carbocycles. The monoisotopic (exact) mass is 473 g/mol. The molecule has 11 nitrogen and oxygen atoms in total. The van der Waals surface area contributed by atoms with Gasteiger partial charge in [-0.3, -0.25) is 29.4 Å². The summed E-state index contributed by atoms with van der Waals surface area (Å²) >= 11 is 0. The molecule has 1 fully saturated rings. The van der Waals surface area contributed by atoms with E-state index in [-0.39, 0.29) is 35.7 Å². The molecule has 1 aromatic carbocycles. The molecule has 4 rings (SSSR count). The number of amides is 4. The first-order valence-electron chi connectivity index (χ1n) is 10.6. The van der Waals surface area contributed by atoms with Crippen molar-refractivity contribution in [3.63, 3.8) is 0 Å². The van der Waals surface area contributed by atoms with Crippen molar-refractivity contribution >= 4 is 33.7 Å². The van der Waals surface area contributed by atoms with Crippen LogP contribution in [0.25, 0.3) is 0 Å². The molecule has 0 radical (unpaired) electrons. The lowest BCUT2D eigenvalue weighted by molar-refractivity contribution is -0.136. The number of imide groups is 2. The standard InChI is InChI=1S/C21H23N5O6S/c1-2-25-11-10-22-21(25)33(31,32)23-9-3-4-13-5-6-14-15(12-13)20(30)26(19(14)29)16-7-8-17(27)24-18(16)28/h5-6,10-12,16,23H,2-4,7-9H2,1H3,(H,24,27,28). The first kappa shape index (κ1) is 22.8. The highest BCUT2D eigenvalue weighted by Crippen LogP contribution is 2.28. The minimum atomic E-state index is -3.73. The topological polar surface area (TPSA) is 148 Å². The number of nitrogens with one attached hydrogen (secondary N) is 2. The van der Waals surface area contributed by atoms with Gasteiger partial charge in [-0.15, -0.1) is 0 Å². The predicted octanol–water partition coefficient (Wildman–Crippen LogP) is 0.215. The Balaban J connectivity index is 1.39. The van der Waals surface area contributed by atoms with Crippen LogP contribution in [0.5, 0.6) is 0 Å². The van der Waals surface area contributed by atoms with Crippen molar-refractivity contribution in [2.75, 3.05) is 6.54 Å². The maximum atomic E-state index is 12.9. The normalized spacial score (nSPS) is 18.6. The summed E-state index contributed by atoms with van der Waals surface area (Å²) in [6.07, 6.45) is 4.11. The second kappa shape index (κ2) is 8.87. The van der Waals surface area contributed by atoms with Crippen LogP contribution in [-0.4, -0.2) is 59.1 Å². The van der Waals surface area contributed by atoms with Gasteiger partial charge in [-0.05, 0) is 43.9 Å². The van der Waals surface area contributed by atoms with Crippen LogP contribution in [0.2, 0.25) is 0 Å². The molecule has 1 unspecified atom stereocenters. The Bertz CT molecular complexity index is 1250. The Hall–Kier alpha value is -3.38. The lowest BCUT2D eigenvalue weighted by Gasteiger charge is -2.27. The molecule has 1 atom stereocenters. The van der Waals surface area contributed by atoms with Gasteiger partial charge in [0.25, 0.3) is 21.8 Å². The average Bonchev–Trinajstić information content (AvgIpc) is 3.36. The lowest BCUT2D eigenvalue weighted by atomic mass is 10.0. The van der Waals surface area contributed by atoms with Crippen LogP contribution in [0.4, 0.5) is 0 Å². The molecular formula is C21H23N5O6S. The zero-order valence-electron chi connectivity index (χ0n) is 17.9. The van der Waals surface area contributed by atoms with Crippen LogP contribution in [0.15, 0.2) is 35.7 Å². The van der Waals surface area contributed by atoms with Crippen LogP contribution in [-0.2, 0) is 32.6 Å². The van der Waals surface area contributed by atoms with E-state index in [1.165, 1.54) is 10.8 Å². The molecular weight excluding hydrogens is 450 g/mol. The van der Waals surface area contributed by atoms with E-state index in [4.69, 9.17) is 0 Å². The first-order chi connectivity index (χ1) is 15.7. The number of imidazole rings is 1. The van der Waals surface area contributed by atoms with Crippen molar-refractivity contribution in [2.45, 2.75) is 50.4 Å². The highest BCUT2D eigenvalue weighted by Gasteiger charge is 2.44. The molecule has 1 aromatic heterocycles. The van der Waals surface area contributed by atoms with Gasteiger partial charge >= 0.3 is 0 Å². The molecule has 2 aliphatic rings. The summed E-state index contributed by atoms with van der Waals surface area (Å²) in [7, 11) is -3.73. The van der Waals surface area contributed by atoms with Gasteiger partial charge in [-0.1, -0.05) is 6.07 Å². The average molecular weight is 474 g/mol. The number of fused-ring (bicyclic) bond motifs is 1. The predicted molar refractivity (Wildman–Crippen MR) is 115 cm³/mol. The summed E-state index contributed by atoms with van der Waals surface area (Å²) in [5, 5.41) is 2.12. The largest absolute Gasteiger partial charge is 0.321 e. The van der Waals surface area contributed by atoms with E-state index in [9.17, 15) is 27.6 Å². The van der Waals surface area contributed by atoms with Crippen LogP contribution < -0.4 is 10.0 Å². The minimum absolute atomic E-state index is 0.0415. The van der Waals surface area contributed by atoms with Gasteiger partial charge in [0.2, 0.25) is 17.0 Å². The molecule has 2 N–H and O–H groups in total. The third kappa shape index (κ3) is 4.31. The van der Waals surface area contributed by atoms with E-state index in [2.05, 4.69) is 15.0 Å². The molecule has 0 bridgehead atoms. The van der Waals surface area contributed by atoms with Crippen LogP contribution in [0.3, 0.4) is 0 Å². The van der Waals surface area contributed by atoms with Gasteiger partial charge in [0.15, 0.2) is 0 Å². The second-order valence-corrected chi connectivity index (χ2v) is 9.48. The van der Waals surface area contributed by atoms with E-state index in [1.54, 1.807) is 24.4 Å². The van der Waals surface area contributed by atoms with Gasteiger partial charge < -0.3 is 4.57 Å². The van der Waals surface area contributed by atoms with Crippen molar-refractivity contribution in [3.8, 4) is 0 Å². The van der Waals surface area contributed by atoms with Crippen molar-refractivity contribution in [1.29, 1.82) is 0 Å². The summed E-state index contributed by atoms with van der Waals surface area (Å²) < 4.78 is 28.9. The zero-order valence-corrected chi connectivity index (χ0v) is 18.7. The SMILES string of the molecule is CCn1ccnc1S(=O)(=O)NCCCc1ccc2c(c1)C(=O)N(C1CCC(=O)NC1=O)C2=O. The Morgan fingerprint density at radius 2 is 1.91 bits per heavy atom. The first-order valence-corrected chi connectivity index (χ1v) is 12.1. The van der Waals surface area contributed by atoms with E-state index in [0.29, 0.717) is 19.4 Å². The number of nitrogens with zero attached hydrogens (tertiary/aromatic N) is 3. The summed E-state index contributed by atoms with van der Waals surface area (Å²) in [6, 6.07) is 3.83. The smallest absolute Gasteiger partial charge is 0.274 e. The van der Waals surface area contributed by atoms with Crippen LogP contribution in [0.1, 0.15) is 52.5 Å². The molecule has 12 heteroatoms. The minimum Gasteiger partial charge on any atom is -0.321 e. The lowest BCUT2D eigenvalue weighted by Crippen LogP contribution is -2.54. The van der Waals surface area contributed by atoms with Crippen molar-refractivity contribution in [2.24, 2.45) is 0 Å². The molecule has 4 amide bonds. The maximum Gasteiger partial charge on any atom is 0.274 e. The molecule has 1 saturated heterocycles. The molecule has 2 aliphatic heterocycles. The number of aryl methyl sites for hydroxylation is 2. The van der Waals surface area contributed by atoms with Crippen LogP contribution in [0, 0.1) is 0 Å². The Kier molecular flexibility index (Phi) is 6.13. The molecule has 174 valence electrons. The highest BCUT2D eigenvalue weighted by atomic mass is 32.2. The third-order valence-electron chi connectivity index (χ3n) is 5.70. The number of aromatic nitrogens is 2. The van der Waals surface area contributed by atoms with Crippen molar-refractivity contribution in [3.05, 3.63) is 47.3 Å². The Labute approximate surface area is 190 Å². The summed E-state index contributed by atoms with van der Waals surface area (Å²) in [4.78, 5) is 53.9. The molecule has 3 heterocycles. The number of carbonyl (C=O) groups is 4. The Morgan fingerprint density at radius 1 is 1.15 bits per heavy atom. The summed E-state index contributed by atoms with van der Waals surface area (Å²) in [5.41, 5.74) is 1.17. The van der Waals surface area contributed by atoms with Gasteiger partial charge in [0.05, 0.1) is 11.1 Å². The van der Waals surface area contributed by atoms with E-state index < -0.39 is 39.7 Å². The van der Waals surface area contributed by atoms with Gasteiger partial charge in [0.1, 0.15) is 6.04 Å². The summed E-state index contributed by atoms with van der Waals surface area (Å²) in [6.45, 7) is 2.47. The highest BCUT2D eigenvalue weighted by molar-refractivity contribution is 7.89. The molecule has 0 aliphatic carbocycles. The number of piperidine rings is 1. The van der Waals surface area contributed by atoms with E-state index >= 15 is 0 Å². The molecule has 33 heavy (non-hydrogen) atoms. The van der Waals surface area contributed by atoms with Gasteiger partial charge in [-0.2, -0.15) is 0 Å². The summed E-state index contributed by atoms with van der Waals surface area (Å²) in [5.74, 6) is -2.21. The number of sulfonamides is 1.